The third-order valence-corrected chi connectivity index (χ3v) is 6.20. The van der Waals surface area contributed by atoms with Crippen LogP contribution in [0.2, 0.25) is 0 Å². The molecule has 1 fully saturated rings. The Morgan fingerprint density at radius 1 is 0.861 bits per heavy atom. The van der Waals surface area contributed by atoms with E-state index in [1.54, 1.807) is 37.4 Å². The number of nitrogens with one attached hydrogen (secondary N) is 2. The molecule has 1 heterocycles. The van der Waals surface area contributed by atoms with E-state index in [1.807, 2.05) is 0 Å². The van der Waals surface area contributed by atoms with Crippen LogP contribution < -0.4 is 29.6 Å². The van der Waals surface area contributed by atoms with Crippen molar-refractivity contribution in [1.29, 1.82) is 0 Å². The molecule has 1 aliphatic rings. The van der Waals surface area contributed by atoms with Gasteiger partial charge in [0.2, 0.25) is 5.75 Å². The van der Waals surface area contributed by atoms with Crippen LogP contribution >= 0.6 is 0 Å². The summed E-state index contributed by atoms with van der Waals surface area (Å²) >= 11 is 0. The second kappa shape index (κ2) is 13.0. The second-order valence-corrected chi connectivity index (χ2v) is 8.50. The van der Waals surface area contributed by atoms with Gasteiger partial charge in [-0.1, -0.05) is 0 Å². The van der Waals surface area contributed by atoms with Gasteiger partial charge in [-0.2, -0.15) is 0 Å². The van der Waals surface area contributed by atoms with Crippen molar-refractivity contribution in [1.82, 2.24) is 15.1 Å². The van der Waals surface area contributed by atoms with Crippen LogP contribution in [0.3, 0.4) is 0 Å². The molecule has 0 spiro atoms. The Bertz CT molecular complexity index is 1040. The molecule has 2 amide bonds. The molecule has 1 aliphatic heterocycles. The lowest BCUT2D eigenvalue weighted by Gasteiger charge is -2.32. The van der Waals surface area contributed by atoms with Crippen molar-refractivity contribution in [2.75, 3.05) is 80.1 Å². The number of likely N-dealkylation sites (N-methyl/N-ethyl adjacent to an activating group) is 1. The average molecular weight is 501 g/mol. The molecule has 2 aromatic rings. The summed E-state index contributed by atoms with van der Waals surface area (Å²) in [5.41, 5.74) is 0.810. The predicted octanol–water partition coefficient (Wildman–Crippen LogP) is 2.34. The monoisotopic (exact) mass is 500 g/mol. The summed E-state index contributed by atoms with van der Waals surface area (Å²) < 4.78 is 21.6. The van der Waals surface area contributed by atoms with Gasteiger partial charge in [0.15, 0.2) is 11.5 Å². The van der Waals surface area contributed by atoms with Gasteiger partial charge >= 0.3 is 0 Å². The minimum Gasteiger partial charge on any atom is -0.497 e. The number of hydrogen-bond donors (Lipinski definition) is 2. The van der Waals surface area contributed by atoms with Crippen molar-refractivity contribution >= 4 is 17.5 Å². The van der Waals surface area contributed by atoms with Crippen molar-refractivity contribution in [3.63, 3.8) is 0 Å². The number of amides is 2. The smallest absolute Gasteiger partial charge is 0.255 e. The molecule has 10 nitrogen and oxygen atoms in total. The van der Waals surface area contributed by atoms with E-state index >= 15 is 0 Å². The van der Waals surface area contributed by atoms with Gasteiger partial charge in [-0.25, -0.2) is 0 Å². The topological polar surface area (TPSA) is 102 Å². The molecule has 0 bridgehead atoms. The fourth-order valence-electron chi connectivity index (χ4n) is 4.06. The highest BCUT2D eigenvalue weighted by atomic mass is 16.5. The molecule has 36 heavy (non-hydrogen) atoms. The Balaban J connectivity index is 1.79. The first-order valence-electron chi connectivity index (χ1n) is 11.9. The molecule has 3 rings (SSSR count). The number of piperazine rings is 1. The predicted molar refractivity (Wildman–Crippen MR) is 138 cm³/mol. The maximum atomic E-state index is 13.2. The van der Waals surface area contributed by atoms with Crippen molar-refractivity contribution in [3.05, 3.63) is 41.5 Å². The average Bonchev–Trinajstić information content (AvgIpc) is 2.91. The molecule has 0 aromatic heterocycles. The zero-order chi connectivity index (χ0) is 26.1. The summed E-state index contributed by atoms with van der Waals surface area (Å²) in [5, 5.41) is 5.78. The summed E-state index contributed by atoms with van der Waals surface area (Å²) in [5.74, 6) is 0.661. The number of rotatable bonds is 11. The van der Waals surface area contributed by atoms with E-state index < -0.39 is 5.91 Å². The number of ether oxygens (including phenoxy) is 4. The largest absolute Gasteiger partial charge is 0.497 e. The van der Waals surface area contributed by atoms with Gasteiger partial charge in [-0.3, -0.25) is 9.59 Å². The lowest BCUT2D eigenvalue weighted by molar-refractivity contribution is 0.0949. The Hall–Kier alpha value is -3.50. The van der Waals surface area contributed by atoms with Crippen molar-refractivity contribution in [2.24, 2.45) is 0 Å². The Morgan fingerprint density at radius 3 is 2.11 bits per heavy atom. The number of carbonyl (C=O) groups excluding carboxylic acids is 2. The summed E-state index contributed by atoms with van der Waals surface area (Å²) in [6.45, 7) is 5.56. The van der Waals surface area contributed by atoms with Crippen LogP contribution in [0.5, 0.6) is 23.0 Å². The number of benzene rings is 2. The van der Waals surface area contributed by atoms with Crippen LogP contribution in [-0.4, -0.2) is 96.4 Å². The van der Waals surface area contributed by atoms with Gasteiger partial charge in [-0.15, -0.1) is 0 Å². The fourth-order valence-corrected chi connectivity index (χ4v) is 4.06. The highest BCUT2D eigenvalue weighted by Crippen LogP contribution is 2.45. The van der Waals surface area contributed by atoms with Gasteiger partial charge in [0.25, 0.3) is 11.8 Å². The molecule has 1 saturated heterocycles. The SMILES string of the molecule is COc1ccc(C(=O)Nc2c(C(=O)NCCCN3CCN(C)CC3)cc(OC)c(OC)c2OC)cc1. The summed E-state index contributed by atoms with van der Waals surface area (Å²) in [6.07, 6.45) is 0.813. The zero-order valence-electron chi connectivity index (χ0n) is 21.7. The quantitative estimate of drug-likeness (QED) is 0.454. The second-order valence-electron chi connectivity index (χ2n) is 8.50. The first-order valence-corrected chi connectivity index (χ1v) is 11.9. The Morgan fingerprint density at radius 2 is 1.53 bits per heavy atom. The van der Waals surface area contributed by atoms with Crippen LogP contribution in [0.15, 0.2) is 30.3 Å². The molecule has 0 unspecified atom stereocenters. The molecule has 2 aromatic carbocycles. The summed E-state index contributed by atoms with van der Waals surface area (Å²) in [7, 11) is 8.07. The van der Waals surface area contributed by atoms with Gasteiger partial charge in [0.05, 0.1) is 34.0 Å². The van der Waals surface area contributed by atoms with E-state index in [2.05, 4.69) is 27.5 Å². The van der Waals surface area contributed by atoms with Gasteiger partial charge in [0, 0.05) is 38.3 Å². The highest BCUT2D eigenvalue weighted by Gasteiger charge is 2.26. The maximum Gasteiger partial charge on any atom is 0.255 e. The van der Waals surface area contributed by atoms with Crippen LogP contribution in [0, 0.1) is 0 Å². The van der Waals surface area contributed by atoms with Gasteiger partial charge in [-0.05, 0) is 50.3 Å². The van der Waals surface area contributed by atoms with E-state index in [9.17, 15) is 9.59 Å². The van der Waals surface area contributed by atoms with Crippen LogP contribution in [-0.2, 0) is 0 Å². The number of anilines is 1. The molecule has 196 valence electrons. The minimum absolute atomic E-state index is 0.196. The first-order chi connectivity index (χ1) is 17.4. The number of carbonyl (C=O) groups is 2. The number of hydrogen-bond acceptors (Lipinski definition) is 8. The van der Waals surface area contributed by atoms with Crippen LogP contribution in [0.25, 0.3) is 0 Å². The molecular formula is C26H36N4O6. The molecule has 0 aliphatic carbocycles. The highest BCUT2D eigenvalue weighted by molar-refractivity contribution is 6.11. The van der Waals surface area contributed by atoms with Crippen LogP contribution in [0.1, 0.15) is 27.1 Å². The van der Waals surface area contributed by atoms with E-state index in [-0.39, 0.29) is 28.7 Å². The van der Waals surface area contributed by atoms with E-state index in [0.717, 1.165) is 39.1 Å². The molecule has 0 saturated carbocycles. The molecule has 10 heteroatoms. The minimum atomic E-state index is -0.410. The van der Waals surface area contributed by atoms with Crippen molar-refractivity contribution in [2.45, 2.75) is 6.42 Å². The lowest BCUT2D eigenvalue weighted by Crippen LogP contribution is -2.45. The standard InChI is InChI=1S/C26H36N4O6/c1-29-13-15-30(16-14-29)12-6-11-27-26(32)20-17-21(34-3)23(35-4)24(36-5)22(20)28-25(31)18-7-9-19(33-2)10-8-18/h7-10,17H,6,11-16H2,1-5H3,(H,27,32)(H,28,31). The fraction of sp³-hybridized carbons (Fsp3) is 0.462. The number of nitrogens with zero attached hydrogens (tertiary/aromatic N) is 2. The van der Waals surface area contributed by atoms with Gasteiger partial charge in [0.1, 0.15) is 11.4 Å². The Labute approximate surface area is 212 Å². The van der Waals surface area contributed by atoms with E-state index in [0.29, 0.717) is 23.6 Å². The van der Waals surface area contributed by atoms with Crippen molar-refractivity contribution in [3.8, 4) is 23.0 Å². The maximum absolute atomic E-state index is 13.2. The molecule has 2 N–H and O–H groups in total. The zero-order valence-corrected chi connectivity index (χ0v) is 21.7. The third kappa shape index (κ3) is 6.58. The lowest BCUT2D eigenvalue weighted by atomic mass is 10.1. The van der Waals surface area contributed by atoms with Gasteiger partial charge < -0.3 is 39.4 Å². The summed E-state index contributed by atoms with van der Waals surface area (Å²) in [6, 6.07) is 8.20. The molecule has 0 radical (unpaired) electrons. The molecular weight excluding hydrogens is 464 g/mol. The third-order valence-electron chi connectivity index (χ3n) is 6.20. The number of methoxy groups -OCH3 is 4. The van der Waals surface area contributed by atoms with E-state index in [4.69, 9.17) is 18.9 Å². The van der Waals surface area contributed by atoms with Crippen molar-refractivity contribution < 1.29 is 28.5 Å². The normalized spacial score (nSPS) is 14.1. The van der Waals surface area contributed by atoms with Crippen LogP contribution in [0.4, 0.5) is 5.69 Å². The first kappa shape index (κ1) is 27.1. The summed E-state index contributed by atoms with van der Waals surface area (Å²) in [4.78, 5) is 31.0. The Kier molecular flexibility index (Phi) is 9.77. The molecule has 0 atom stereocenters. The van der Waals surface area contributed by atoms with E-state index in [1.165, 1.54) is 21.3 Å².